The molecule has 4 rings (SSSR count). The molecule has 2 atom stereocenters. The quantitative estimate of drug-likeness (QED) is 0.377. The first kappa shape index (κ1) is 19.0. The molecular formula is C27H27P. The lowest BCUT2D eigenvalue weighted by Gasteiger charge is -2.37. The van der Waals surface area contributed by atoms with Crippen molar-refractivity contribution in [1.29, 1.82) is 0 Å². The molecule has 2 unspecified atom stereocenters. The fourth-order valence-corrected chi connectivity index (χ4v) is 5.38. The molecule has 1 aromatic carbocycles. The molecule has 0 N–H and O–H groups in total. The maximum absolute atomic E-state index is 3.25. The fourth-order valence-electron chi connectivity index (χ4n) is 4.78. The van der Waals surface area contributed by atoms with E-state index in [9.17, 15) is 0 Å². The van der Waals surface area contributed by atoms with Crippen molar-refractivity contribution in [3.8, 4) is 11.8 Å². The standard InChI is InChI=1S/C27H27P/c1-3-24-25-14-10-9-13-23(25)19-26(22-11-7-5-4-6-8-12-22)27(24)20(2)21-15-17-28-18-16-21/h5,7,9-10,12-18,24,26H,3,8,11,19H2,1-2H3/b7-5-,22-12+,27-20-. The third kappa shape index (κ3) is 3.78. The van der Waals surface area contributed by atoms with Crippen LogP contribution in [-0.2, 0) is 6.42 Å². The van der Waals surface area contributed by atoms with Crippen LogP contribution in [0.25, 0.3) is 5.57 Å². The lowest BCUT2D eigenvalue weighted by atomic mass is 9.67. The van der Waals surface area contributed by atoms with Crippen LogP contribution in [0.3, 0.4) is 0 Å². The molecule has 0 saturated carbocycles. The van der Waals surface area contributed by atoms with E-state index >= 15 is 0 Å². The minimum absolute atomic E-state index is 0.471. The van der Waals surface area contributed by atoms with Crippen LogP contribution in [0.5, 0.6) is 0 Å². The second kappa shape index (κ2) is 8.77. The first-order valence-corrected chi connectivity index (χ1v) is 11.3. The zero-order chi connectivity index (χ0) is 19.3. The third-order valence-corrected chi connectivity index (χ3v) is 6.77. The summed E-state index contributed by atoms with van der Waals surface area (Å²) in [6.45, 7) is 4.68. The number of allylic oxidation sites excluding steroid dienone is 6. The van der Waals surface area contributed by atoms with Crippen molar-refractivity contribution >= 4 is 13.8 Å². The van der Waals surface area contributed by atoms with Gasteiger partial charge in [0.2, 0.25) is 0 Å². The van der Waals surface area contributed by atoms with Crippen molar-refractivity contribution in [2.24, 2.45) is 5.92 Å². The first-order chi connectivity index (χ1) is 13.8. The lowest BCUT2D eigenvalue weighted by molar-refractivity contribution is 0.565. The molecule has 1 aromatic heterocycles. The van der Waals surface area contributed by atoms with Crippen LogP contribution in [0.1, 0.15) is 55.7 Å². The first-order valence-electron chi connectivity index (χ1n) is 10.3. The van der Waals surface area contributed by atoms with Crippen LogP contribution in [0.4, 0.5) is 0 Å². The summed E-state index contributed by atoms with van der Waals surface area (Å²) in [6.07, 6.45) is 10.8. The van der Waals surface area contributed by atoms with Crippen LogP contribution < -0.4 is 0 Å². The predicted octanol–water partition coefficient (Wildman–Crippen LogP) is 7.69. The largest absolute Gasteiger partial charge is 0.0944 e. The summed E-state index contributed by atoms with van der Waals surface area (Å²) < 4.78 is 0. The Morgan fingerprint density at radius 2 is 1.96 bits per heavy atom. The molecule has 1 heteroatoms. The van der Waals surface area contributed by atoms with Crippen molar-refractivity contribution in [2.75, 3.05) is 0 Å². The van der Waals surface area contributed by atoms with Gasteiger partial charge in [0.25, 0.3) is 0 Å². The Balaban J connectivity index is 1.89. The summed E-state index contributed by atoms with van der Waals surface area (Å²) in [5.41, 5.74) is 9.05. The molecule has 0 spiro atoms. The van der Waals surface area contributed by atoms with Gasteiger partial charge < -0.3 is 0 Å². The average Bonchev–Trinajstić information content (AvgIpc) is 2.72. The van der Waals surface area contributed by atoms with Crippen LogP contribution in [0, 0.1) is 17.8 Å². The van der Waals surface area contributed by atoms with E-state index in [0.717, 1.165) is 25.7 Å². The molecule has 0 saturated heterocycles. The number of rotatable bonds is 3. The molecule has 0 aliphatic heterocycles. The highest BCUT2D eigenvalue weighted by atomic mass is 31.0. The van der Waals surface area contributed by atoms with Crippen molar-refractivity contribution in [1.82, 2.24) is 0 Å². The van der Waals surface area contributed by atoms with Gasteiger partial charge in [-0.15, -0.1) is 0 Å². The zero-order valence-electron chi connectivity index (χ0n) is 16.8. The molecule has 0 nitrogen and oxygen atoms in total. The van der Waals surface area contributed by atoms with Crippen molar-refractivity contribution in [3.63, 3.8) is 0 Å². The smallest absolute Gasteiger partial charge is 0.0276 e. The minimum atomic E-state index is 0.471. The third-order valence-electron chi connectivity index (χ3n) is 6.13. The topological polar surface area (TPSA) is 0 Å². The molecule has 0 fully saturated rings. The van der Waals surface area contributed by atoms with Crippen molar-refractivity contribution in [3.05, 3.63) is 94.1 Å². The summed E-state index contributed by atoms with van der Waals surface area (Å²) in [4.78, 5) is 0. The highest BCUT2D eigenvalue weighted by Crippen LogP contribution is 2.47. The van der Waals surface area contributed by atoms with E-state index in [1.54, 1.807) is 5.57 Å². The molecular weight excluding hydrogens is 355 g/mol. The SMILES string of the molecule is CCC1/C(=C(\C)c2ccpcc2)C(/C2=C/CC#C/C=C\C2)Cc2ccccc21. The van der Waals surface area contributed by atoms with Crippen LogP contribution in [0.2, 0.25) is 0 Å². The van der Waals surface area contributed by atoms with Gasteiger partial charge in [0.15, 0.2) is 0 Å². The van der Waals surface area contributed by atoms with Gasteiger partial charge in [-0.05, 0) is 66.1 Å². The average molecular weight is 382 g/mol. The molecule has 2 aromatic rings. The molecule has 2 aliphatic rings. The molecule has 0 radical (unpaired) electrons. The van der Waals surface area contributed by atoms with Gasteiger partial charge in [0, 0.05) is 18.3 Å². The Morgan fingerprint density at radius 1 is 1.14 bits per heavy atom. The second-order valence-electron chi connectivity index (χ2n) is 7.64. The Bertz CT molecular complexity index is 995. The molecule has 140 valence electrons. The van der Waals surface area contributed by atoms with Crippen LogP contribution in [-0.4, -0.2) is 0 Å². The molecule has 2 aliphatic carbocycles. The van der Waals surface area contributed by atoms with Gasteiger partial charge in [-0.25, -0.2) is 0 Å². The summed E-state index contributed by atoms with van der Waals surface area (Å²) >= 11 is 0. The van der Waals surface area contributed by atoms with Crippen LogP contribution >= 0.6 is 8.19 Å². The van der Waals surface area contributed by atoms with Gasteiger partial charge in [0.05, 0.1) is 0 Å². The van der Waals surface area contributed by atoms with E-state index in [1.807, 2.05) is 6.08 Å². The van der Waals surface area contributed by atoms with Gasteiger partial charge in [0.1, 0.15) is 0 Å². The fraction of sp³-hybridized carbons (Fsp3) is 0.296. The number of fused-ring (bicyclic) bond motifs is 1. The molecule has 0 amide bonds. The van der Waals surface area contributed by atoms with Crippen molar-refractivity contribution < 1.29 is 0 Å². The molecule has 1 heterocycles. The Labute approximate surface area is 171 Å². The van der Waals surface area contributed by atoms with Gasteiger partial charge in [-0.2, -0.15) is 0 Å². The summed E-state index contributed by atoms with van der Waals surface area (Å²) in [5.74, 6) is 11.8. The Kier molecular flexibility index (Phi) is 5.95. The number of hydrogen-bond acceptors (Lipinski definition) is 0. The molecule has 28 heavy (non-hydrogen) atoms. The van der Waals surface area contributed by atoms with E-state index < -0.39 is 0 Å². The predicted molar refractivity (Wildman–Crippen MR) is 122 cm³/mol. The van der Waals surface area contributed by atoms with E-state index in [2.05, 4.69) is 85.8 Å². The van der Waals surface area contributed by atoms with Gasteiger partial charge in [-0.3, -0.25) is 0 Å². The maximum atomic E-state index is 3.25. The minimum Gasteiger partial charge on any atom is -0.0944 e. The van der Waals surface area contributed by atoms with Gasteiger partial charge >= 0.3 is 0 Å². The second-order valence-corrected chi connectivity index (χ2v) is 8.54. The maximum Gasteiger partial charge on any atom is 0.0276 e. The Hall–Kier alpha value is -2.35. The van der Waals surface area contributed by atoms with E-state index in [1.165, 1.54) is 36.0 Å². The van der Waals surface area contributed by atoms with E-state index in [0.29, 0.717) is 11.8 Å². The lowest BCUT2D eigenvalue weighted by Crippen LogP contribution is -2.24. The summed E-state index contributed by atoms with van der Waals surface area (Å²) in [6, 6.07) is 13.7. The Morgan fingerprint density at radius 3 is 2.79 bits per heavy atom. The van der Waals surface area contributed by atoms with Crippen LogP contribution in [0.15, 0.2) is 77.4 Å². The monoisotopic (exact) mass is 382 g/mol. The van der Waals surface area contributed by atoms with E-state index in [-0.39, 0.29) is 0 Å². The van der Waals surface area contributed by atoms with Crippen molar-refractivity contribution in [2.45, 2.75) is 45.4 Å². The summed E-state index contributed by atoms with van der Waals surface area (Å²) in [7, 11) is 1.28. The van der Waals surface area contributed by atoms with Gasteiger partial charge in [-0.1, -0.05) is 86.7 Å². The molecule has 0 bridgehead atoms. The zero-order valence-corrected chi connectivity index (χ0v) is 17.7. The normalized spacial score (nSPS) is 25.9. The number of hydrogen-bond donors (Lipinski definition) is 0. The highest BCUT2D eigenvalue weighted by Gasteiger charge is 2.33. The van der Waals surface area contributed by atoms with E-state index in [4.69, 9.17) is 0 Å². The highest BCUT2D eigenvalue weighted by molar-refractivity contribution is 7.28. The number of benzene rings is 1. The summed E-state index contributed by atoms with van der Waals surface area (Å²) in [5, 5.41) is 0.